The Morgan fingerprint density at radius 3 is 2.61 bits per heavy atom. The fourth-order valence-corrected chi connectivity index (χ4v) is 3.42. The van der Waals surface area contributed by atoms with Crippen molar-refractivity contribution >= 4 is 17.7 Å². The zero-order chi connectivity index (χ0) is 20.5. The predicted octanol–water partition coefficient (Wildman–Crippen LogP) is 1.14. The molecule has 1 aromatic carbocycles. The molecule has 3 amide bonds. The van der Waals surface area contributed by atoms with Gasteiger partial charge in [-0.05, 0) is 30.9 Å². The monoisotopic (exact) mass is 388 g/mol. The first kappa shape index (κ1) is 21.9. The van der Waals surface area contributed by atoms with Crippen LogP contribution in [-0.4, -0.2) is 54.8 Å². The van der Waals surface area contributed by atoms with E-state index in [-0.39, 0.29) is 29.6 Å². The lowest BCUT2D eigenvalue weighted by molar-refractivity contribution is -0.138. The minimum Gasteiger partial charge on any atom is -0.355 e. The molecule has 0 saturated carbocycles. The fourth-order valence-electron chi connectivity index (χ4n) is 3.42. The molecular weight excluding hydrogens is 356 g/mol. The second kappa shape index (κ2) is 10.8. The van der Waals surface area contributed by atoms with Crippen molar-refractivity contribution in [3.05, 3.63) is 35.9 Å². The van der Waals surface area contributed by atoms with Crippen molar-refractivity contribution in [3.63, 3.8) is 0 Å². The third kappa shape index (κ3) is 5.79. The topological polar surface area (TPSA) is 105 Å². The zero-order valence-electron chi connectivity index (χ0n) is 16.8. The molecule has 1 aliphatic heterocycles. The number of rotatable bonds is 8. The molecule has 3 atom stereocenters. The first-order chi connectivity index (χ1) is 13.5. The number of amides is 3. The largest absolute Gasteiger partial charge is 0.355 e. The Hall–Kier alpha value is -2.41. The highest BCUT2D eigenvalue weighted by Gasteiger charge is 2.34. The van der Waals surface area contributed by atoms with Crippen LogP contribution < -0.4 is 16.4 Å². The van der Waals surface area contributed by atoms with E-state index < -0.39 is 6.04 Å². The third-order valence-corrected chi connectivity index (χ3v) is 5.35. The highest BCUT2D eigenvalue weighted by atomic mass is 16.2. The van der Waals surface area contributed by atoms with E-state index in [0.29, 0.717) is 31.7 Å². The minimum absolute atomic E-state index is 0.00777. The highest BCUT2D eigenvalue weighted by molar-refractivity contribution is 5.97. The summed E-state index contributed by atoms with van der Waals surface area (Å²) in [6, 6.07) is 8.29. The maximum absolute atomic E-state index is 13.2. The van der Waals surface area contributed by atoms with E-state index in [9.17, 15) is 14.4 Å². The lowest BCUT2D eigenvalue weighted by Gasteiger charge is -2.36. The van der Waals surface area contributed by atoms with Crippen molar-refractivity contribution < 1.29 is 14.4 Å². The van der Waals surface area contributed by atoms with Crippen LogP contribution >= 0.6 is 0 Å². The van der Waals surface area contributed by atoms with Crippen LogP contribution in [-0.2, 0) is 9.59 Å². The van der Waals surface area contributed by atoms with Gasteiger partial charge in [0.15, 0.2) is 0 Å². The smallest absolute Gasteiger partial charge is 0.251 e. The molecule has 28 heavy (non-hydrogen) atoms. The van der Waals surface area contributed by atoms with Crippen LogP contribution in [0.2, 0.25) is 0 Å². The van der Waals surface area contributed by atoms with Crippen molar-refractivity contribution in [2.45, 2.75) is 39.2 Å². The maximum atomic E-state index is 13.2. The van der Waals surface area contributed by atoms with E-state index >= 15 is 0 Å². The molecule has 154 valence electrons. The quantitative estimate of drug-likeness (QED) is 0.621. The minimum atomic E-state index is -0.608. The summed E-state index contributed by atoms with van der Waals surface area (Å²) in [6.07, 6.45) is 2.29. The number of nitrogens with two attached hydrogens (primary N) is 1. The molecule has 1 fully saturated rings. The molecule has 0 bridgehead atoms. The molecule has 7 nitrogen and oxygen atoms in total. The summed E-state index contributed by atoms with van der Waals surface area (Å²) >= 11 is 0. The molecule has 1 aromatic rings. The second-order valence-electron chi connectivity index (χ2n) is 7.41. The van der Waals surface area contributed by atoms with Gasteiger partial charge in [-0.1, -0.05) is 38.5 Å². The number of hydrogen-bond donors (Lipinski definition) is 3. The van der Waals surface area contributed by atoms with Gasteiger partial charge in [0.25, 0.3) is 5.91 Å². The zero-order valence-corrected chi connectivity index (χ0v) is 16.8. The van der Waals surface area contributed by atoms with E-state index in [4.69, 9.17) is 5.73 Å². The van der Waals surface area contributed by atoms with Crippen molar-refractivity contribution in [3.8, 4) is 0 Å². The fraction of sp³-hybridized carbons (Fsp3) is 0.571. The normalized spacial score (nSPS) is 18.8. The Bertz CT molecular complexity index is 665. The number of benzene rings is 1. The number of carbonyl (C=O) groups is 3. The van der Waals surface area contributed by atoms with Gasteiger partial charge in [-0.15, -0.1) is 0 Å². The lowest BCUT2D eigenvalue weighted by Crippen LogP contribution is -2.55. The number of likely N-dealkylation sites (tertiary alicyclic amines) is 1. The lowest BCUT2D eigenvalue weighted by atomic mass is 9.93. The molecule has 0 radical (unpaired) electrons. The van der Waals surface area contributed by atoms with Crippen molar-refractivity contribution in [2.24, 2.45) is 17.6 Å². The standard InChI is InChI=1S/C21H32N4O3/c1-3-15(2)18(24-20(27)16-8-5-4-6-9-16)21(28)25-13-7-10-17(14-25)19(26)23-12-11-22/h4-6,8-9,15,17-18H,3,7,10-14,22H2,1-2H3,(H,23,26)(H,24,27). The molecule has 1 heterocycles. The van der Waals surface area contributed by atoms with Gasteiger partial charge in [0.2, 0.25) is 11.8 Å². The Morgan fingerprint density at radius 1 is 1.25 bits per heavy atom. The Morgan fingerprint density at radius 2 is 1.96 bits per heavy atom. The molecule has 3 unspecified atom stereocenters. The summed E-state index contributed by atoms with van der Waals surface area (Å²) < 4.78 is 0. The number of carbonyl (C=O) groups excluding carboxylic acids is 3. The van der Waals surface area contributed by atoms with E-state index in [0.717, 1.165) is 19.3 Å². The average molecular weight is 389 g/mol. The molecule has 7 heteroatoms. The van der Waals surface area contributed by atoms with Crippen LogP contribution in [0.15, 0.2) is 30.3 Å². The highest BCUT2D eigenvalue weighted by Crippen LogP contribution is 2.20. The first-order valence-electron chi connectivity index (χ1n) is 10.1. The first-order valence-corrected chi connectivity index (χ1v) is 10.1. The number of piperidine rings is 1. The molecule has 2 rings (SSSR count). The van der Waals surface area contributed by atoms with E-state index in [2.05, 4.69) is 10.6 Å². The van der Waals surface area contributed by atoms with Gasteiger partial charge in [0, 0.05) is 31.7 Å². The van der Waals surface area contributed by atoms with Crippen LogP contribution in [0, 0.1) is 11.8 Å². The molecule has 0 spiro atoms. The van der Waals surface area contributed by atoms with Gasteiger partial charge >= 0.3 is 0 Å². The van der Waals surface area contributed by atoms with Crippen LogP contribution in [0.4, 0.5) is 0 Å². The maximum Gasteiger partial charge on any atom is 0.251 e. The van der Waals surface area contributed by atoms with Crippen molar-refractivity contribution in [1.29, 1.82) is 0 Å². The Kier molecular flexibility index (Phi) is 8.44. The predicted molar refractivity (Wildman–Crippen MR) is 109 cm³/mol. The van der Waals surface area contributed by atoms with Crippen molar-refractivity contribution in [2.75, 3.05) is 26.2 Å². The molecule has 1 aliphatic rings. The van der Waals surface area contributed by atoms with Gasteiger partial charge in [-0.2, -0.15) is 0 Å². The molecule has 1 saturated heterocycles. The number of nitrogens with one attached hydrogen (secondary N) is 2. The van der Waals surface area contributed by atoms with Gasteiger partial charge in [-0.3, -0.25) is 14.4 Å². The third-order valence-electron chi connectivity index (χ3n) is 5.35. The van der Waals surface area contributed by atoms with E-state index in [1.54, 1.807) is 29.2 Å². The van der Waals surface area contributed by atoms with Gasteiger partial charge in [0.1, 0.15) is 6.04 Å². The average Bonchev–Trinajstić information content (AvgIpc) is 2.75. The number of nitrogens with zero attached hydrogens (tertiary/aromatic N) is 1. The Labute approximate surface area is 167 Å². The second-order valence-corrected chi connectivity index (χ2v) is 7.41. The van der Waals surface area contributed by atoms with E-state index in [1.807, 2.05) is 19.9 Å². The van der Waals surface area contributed by atoms with E-state index in [1.165, 1.54) is 0 Å². The number of hydrogen-bond acceptors (Lipinski definition) is 4. The summed E-state index contributed by atoms with van der Waals surface area (Å²) in [5.41, 5.74) is 5.97. The SMILES string of the molecule is CCC(C)C(NC(=O)c1ccccc1)C(=O)N1CCCC(C(=O)NCCN)C1. The van der Waals surface area contributed by atoms with Gasteiger partial charge in [-0.25, -0.2) is 0 Å². The summed E-state index contributed by atoms with van der Waals surface area (Å²) in [6.45, 7) is 5.77. The Balaban J connectivity index is 2.07. The van der Waals surface area contributed by atoms with Crippen LogP contribution in [0.5, 0.6) is 0 Å². The molecule has 0 aromatic heterocycles. The van der Waals surface area contributed by atoms with Crippen LogP contribution in [0.1, 0.15) is 43.5 Å². The molecule has 4 N–H and O–H groups in total. The van der Waals surface area contributed by atoms with Crippen molar-refractivity contribution in [1.82, 2.24) is 15.5 Å². The molecular formula is C21H32N4O3. The summed E-state index contributed by atoms with van der Waals surface area (Å²) in [5.74, 6) is -0.668. The summed E-state index contributed by atoms with van der Waals surface area (Å²) in [7, 11) is 0. The van der Waals surface area contributed by atoms with Gasteiger partial charge in [0.05, 0.1) is 5.92 Å². The summed E-state index contributed by atoms with van der Waals surface area (Å²) in [5, 5.41) is 5.72. The van der Waals surface area contributed by atoms with Crippen LogP contribution in [0.3, 0.4) is 0 Å². The van der Waals surface area contributed by atoms with Gasteiger partial charge < -0.3 is 21.3 Å². The summed E-state index contributed by atoms with van der Waals surface area (Å²) in [4.78, 5) is 39.8. The van der Waals surface area contributed by atoms with Crippen LogP contribution in [0.25, 0.3) is 0 Å². The molecule has 0 aliphatic carbocycles.